The average Bonchev–Trinajstić information content (AvgIpc) is 2.89. The first-order valence-corrected chi connectivity index (χ1v) is 6.80. The van der Waals surface area contributed by atoms with Crippen LogP contribution in [0.25, 0.3) is 0 Å². The van der Waals surface area contributed by atoms with Crippen molar-refractivity contribution >= 4 is 17.3 Å². The Kier molecular flexibility index (Phi) is 3.31. The molecule has 0 fully saturated rings. The average molecular weight is 254 g/mol. The van der Waals surface area contributed by atoms with Gasteiger partial charge in [0.1, 0.15) is 18.0 Å². The number of hydrogen-bond donors (Lipinski definition) is 1. The zero-order valence-electron chi connectivity index (χ0n) is 11.1. The molecular weight excluding hydrogens is 236 g/mol. The fourth-order valence-corrected chi connectivity index (χ4v) is 2.42. The maximum absolute atomic E-state index is 4.40. The van der Waals surface area contributed by atoms with Gasteiger partial charge in [0.2, 0.25) is 0 Å². The molecule has 0 aliphatic carbocycles. The second-order valence-corrected chi connectivity index (χ2v) is 4.72. The third-order valence-corrected chi connectivity index (χ3v) is 3.37. The van der Waals surface area contributed by atoms with Crippen molar-refractivity contribution in [1.29, 1.82) is 0 Å². The first kappa shape index (κ1) is 12.0. The minimum Gasteiger partial charge on any atom is -0.370 e. The molecule has 2 heterocycles. The van der Waals surface area contributed by atoms with Crippen molar-refractivity contribution in [2.75, 3.05) is 23.3 Å². The number of nitrogens with zero attached hydrogens (tertiary/aromatic N) is 3. The van der Waals surface area contributed by atoms with Crippen molar-refractivity contribution in [2.45, 2.75) is 19.8 Å². The van der Waals surface area contributed by atoms with Gasteiger partial charge in [-0.15, -0.1) is 0 Å². The minimum atomic E-state index is 0.899. The quantitative estimate of drug-likeness (QED) is 0.910. The normalized spacial score (nSPS) is 13.4. The molecule has 0 saturated heterocycles. The van der Waals surface area contributed by atoms with Gasteiger partial charge in [-0.3, -0.25) is 0 Å². The summed E-state index contributed by atoms with van der Waals surface area (Å²) >= 11 is 0. The fraction of sp³-hybridized carbons (Fsp3) is 0.333. The van der Waals surface area contributed by atoms with E-state index in [-0.39, 0.29) is 0 Å². The van der Waals surface area contributed by atoms with Crippen molar-refractivity contribution in [3.63, 3.8) is 0 Å². The highest BCUT2D eigenvalue weighted by atomic mass is 15.2. The summed E-state index contributed by atoms with van der Waals surface area (Å²) < 4.78 is 0. The molecule has 4 heteroatoms. The van der Waals surface area contributed by atoms with E-state index < -0.39 is 0 Å². The monoisotopic (exact) mass is 254 g/mol. The van der Waals surface area contributed by atoms with Crippen molar-refractivity contribution in [2.24, 2.45) is 0 Å². The van der Waals surface area contributed by atoms with Crippen LogP contribution in [0.1, 0.15) is 18.9 Å². The van der Waals surface area contributed by atoms with E-state index in [4.69, 9.17) is 0 Å². The van der Waals surface area contributed by atoms with Crippen LogP contribution in [0.15, 0.2) is 36.7 Å². The Balaban J connectivity index is 1.87. The Morgan fingerprint density at radius 3 is 3.05 bits per heavy atom. The van der Waals surface area contributed by atoms with Gasteiger partial charge in [-0.25, -0.2) is 9.97 Å². The van der Waals surface area contributed by atoms with Gasteiger partial charge >= 0.3 is 0 Å². The van der Waals surface area contributed by atoms with E-state index in [0.717, 1.165) is 37.6 Å². The van der Waals surface area contributed by atoms with E-state index in [1.165, 1.54) is 11.3 Å². The molecule has 3 rings (SSSR count). The second-order valence-electron chi connectivity index (χ2n) is 4.72. The van der Waals surface area contributed by atoms with Crippen LogP contribution in [0.5, 0.6) is 0 Å². The lowest BCUT2D eigenvalue weighted by Gasteiger charge is -2.18. The second kappa shape index (κ2) is 5.26. The molecule has 1 aromatic heterocycles. The van der Waals surface area contributed by atoms with Gasteiger partial charge in [0, 0.05) is 24.8 Å². The van der Waals surface area contributed by atoms with Gasteiger partial charge in [0.05, 0.1) is 0 Å². The molecule has 0 radical (unpaired) electrons. The maximum Gasteiger partial charge on any atom is 0.138 e. The number of rotatable bonds is 4. The summed E-state index contributed by atoms with van der Waals surface area (Å²) in [4.78, 5) is 10.9. The van der Waals surface area contributed by atoms with Crippen LogP contribution in [0, 0.1) is 0 Å². The third kappa shape index (κ3) is 2.38. The van der Waals surface area contributed by atoms with E-state index >= 15 is 0 Å². The lowest BCUT2D eigenvalue weighted by Crippen LogP contribution is -2.15. The largest absolute Gasteiger partial charge is 0.370 e. The molecule has 0 spiro atoms. The molecular formula is C15H18N4. The highest BCUT2D eigenvalue weighted by Crippen LogP contribution is 2.33. The van der Waals surface area contributed by atoms with Crippen molar-refractivity contribution in [3.8, 4) is 0 Å². The Labute approximate surface area is 113 Å². The molecule has 1 aliphatic heterocycles. The number of fused-ring (bicyclic) bond motifs is 1. The summed E-state index contributed by atoms with van der Waals surface area (Å²) in [5.41, 5.74) is 2.66. The molecule has 2 aromatic rings. The van der Waals surface area contributed by atoms with E-state index in [1.54, 1.807) is 6.33 Å². The highest BCUT2D eigenvalue weighted by Gasteiger charge is 2.20. The SMILES string of the molecule is CCCNc1cc(N2CCc3ccccc32)ncn1. The summed E-state index contributed by atoms with van der Waals surface area (Å²) in [7, 11) is 0. The predicted molar refractivity (Wildman–Crippen MR) is 78.0 cm³/mol. The lowest BCUT2D eigenvalue weighted by molar-refractivity contribution is 0.946. The van der Waals surface area contributed by atoms with Gasteiger partial charge in [0.15, 0.2) is 0 Å². The van der Waals surface area contributed by atoms with Crippen LogP contribution in [0.4, 0.5) is 17.3 Å². The van der Waals surface area contributed by atoms with Crippen LogP contribution in [-0.4, -0.2) is 23.1 Å². The molecule has 19 heavy (non-hydrogen) atoms. The first-order chi connectivity index (χ1) is 9.38. The fourth-order valence-electron chi connectivity index (χ4n) is 2.42. The Bertz CT molecular complexity index is 568. The predicted octanol–water partition coefficient (Wildman–Crippen LogP) is 2.99. The lowest BCUT2D eigenvalue weighted by atomic mass is 10.2. The van der Waals surface area contributed by atoms with Crippen LogP contribution < -0.4 is 10.2 Å². The van der Waals surface area contributed by atoms with Crippen LogP contribution in [-0.2, 0) is 6.42 Å². The summed E-state index contributed by atoms with van der Waals surface area (Å²) in [5.74, 6) is 1.87. The van der Waals surface area contributed by atoms with Crippen molar-refractivity contribution < 1.29 is 0 Å². The van der Waals surface area contributed by atoms with Crippen LogP contribution >= 0.6 is 0 Å². The Morgan fingerprint density at radius 1 is 1.26 bits per heavy atom. The molecule has 4 nitrogen and oxygen atoms in total. The van der Waals surface area contributed by atoms with Gasteiger partial charge in [-0.2, -0.15) is 0 Å². The van der Waals surface area contributed by atoms with Crippen molar-refractivity contribution in [3.05, 3.63) is 42.2 Å². The number of aromatic nitrogens is 2. The van der Waals surface area contributed by atoms with E-state index in [9.17, 15) is 0 Å². The zero-order valence-corrected chi connectivity index (χ0v) is 11.1. The molecule has 1 aliphatic rings. The van der Waals surface area contributed by atoms with E-state index in [0.29, 0.717) is 0 Å². The third-order valence-electron chi connectivity index (χ3n) is 3.37. The first-order valence-electron chi connectivity index (χ1n) is 6.80. The molecule has 0 amide bonds. The zero-order chi connectivity index (χ0) is 13.1. The summed E-state index contributed by atoms with van der Waals surface area (Å²) in [6.07, 6.45) is 3.80. The summed E-state index contributed by atoms with van der Waals surface area (Å²) in [6, 6.07) is 10.5. The van der Waals surface area contributed by atoms with Crippen LogP contribution in [0.2, 0.25) is 0 Å². The van der Waals surface area contributed by atoms with Gasteiger partial charge in [-0.05, 0) is 24.5 Å². The summed E-state index contributed by atoms with van der Waals surface area (Å²) in [6.45, 7) is 4.07. The Hall–Kier alpha value is -2.10. The van der Waals surface area contributed by atoms with Gasteiger partial charge in [-0.1, -0.05) is 25.1 Å². The van der Waals surface area contributed by atoms with Crippen LogP contribution in [0.3, 0.4) is 0 Å². The molecule has 0 saturated carbocycles. The number of nitrogens with one attached hydrogen (secondary N) is 1. The summed E-state index contributed by atoms with van der Waals surface area (Å²) in [5, 5.41) is 3.30. The standard InChI is InChI=1S/C15H18N4/c1-2-8-16-14-10-15(18-11-17-14)19-9-7-12-5-3-4-6-13(12)19/h3-6,10-11H,2,7-9H2,1H3,(H,16,17,18). The maximum atomic E-state index is 4.40. The molecule has 0 bridgehead atoms. The topological polar surface area (TPSA) is 41.0 Å². The smallest absolute Gasteiger partial charge is 0.138 e. The van der Waals surface area contributed by atoms with Crippen molar-refractivity contribution in [1.82, 2.24) is 9.97 Å². The number of benzene rings is 1. The number of hydrogen-bond acceptors (Lipinski definition) is 4. The van der Waals surface area contributed by atoms with Gasteiger partial charge < -0.3 is 10.2 Å². The minimum absolute atomic E-state index is 0.899. The molecule has 98 valence electrons. The van der Waals surface area contributed by atoms with Gasteiger partial charge in [0.25, 0.3) is 0 Å². The van der Waals surface area contributed by atoms with E-state index in [2.05, 4.69) is 51.4 Å². The van der Waals surface area contributed by atoms with E-state index in [1.807, 2.05) is 6.07 Å². The number of para-hydroxylation sites is 1. The molecule has 1 N–H and O–H groups in total. The molecule has 0 atom stereocenters. The molecule has 0 unspecified atom stereocenters. The molecule has 1 aromatic carbocycles. The number of anilines is 3. The Morgan fingerprint density at radius 2 is 2.16 bits per heavy atom. The highest BCUT2D eigenvalue weighted by molar-refractivity contribution is 5.68.